The normalized spacial score (nSPS) is 11.9. The van der Waals surface area contributed by atoms with E-state index in [1.165, 1.54) is 0 Å². The number of nitrogens with zero attached hydrogens (tertiary/aromatic N) is 1. The van der Waals surface area contributed by atoms with E-state index in [9.17, 15) is 4.79 Å². The van der Waals surface area contributed by atoms with E-state index in [0.29, 0.717) is 18.0 Å². The van der Waals surface area contributed by atoms with Gasteiger partial charge in [0.25, 0.3) is 5.91 Å². The van der Waals surface area contributed by atoms with Crippen molar-refractivity contribution < 1.29 is 9.53 Å². The predicted molar refractivity (Wildman–Crippen MR) is 66.3 cm³/mol. The van der Waals surface area contributed by atoms with Crippen molar-refractivity contribution in [2.24, 2.45) is 0 Å². The molecule has 1 aromatic heterocycles. The molecular formula is C12H19N3O2. The Morgan fingerprint density at radius 3 is 3.00 bits per heavy atom. The monoisotopic (exact) mass is 237 g/mol. The lowest BCUT2D eigenvalue weighted by atomic mass is 10.3. The molecule has 0 fully saturated rings. The molecule has 0 spiro atoms. The number of rotatable bonds is 6. The Labute approximate surface area is 102 Å². The first kappa shape index (κ1) is 13.4. The molecule has 5 heteroatoms. The molecule has 1 rings (SSSR count). The maximum Gasteiger partial charge on any atom is 0.270 e. The number of hydrogen-bond acceptors (Lipinski definition) is 4. The van der Waals surface area contributed by atoms with Crippen molar-refractivity contribution in [3.63, 3.8) is 0 Å². The van der Waals surface area contributed by atoms with Crippen LogP contribution in [0.25, 0.3) is 0 Å². The molecule has 0 bridgehead atoms. The smallest absolute Gasteiger partial charge is 0.270 e. The van der Waals surface area contributed by atoms with E-state index in [-0.39, 0.29) is 12.0 Å². The van der Waals surface area contributed by atoms with Crippen molar-refractivity contribution in [3.8, 4) is 5.75 Å². The Morgan fingerprint density at radius 2 is 2.35 bits per heavy atom. The first-order valence-corrected chi connectivity index (χ1v) is 5.72. The summed E-state index contributed by atoms with van der Waals surface area (Å²) in [6.07, 6.45) is 1.62. The first-order valence-electron chi connectivity index (χ1n) is 5.72. The topological polar surface area (TPSA) is 63.2 Å². The SMILES string of the molecule is CCNC(=O)c1cc(OC(C)CNC)ccn1. The molecule has 0 aliphatic rings. The number of pyridine rings is 1. The van der Waals surface area contributed by atoms with Gasteiger partial charge in [-0.15, -0.1) is 0 Å². The average molecular weight is 237 g/mol. The summed E-state index contributed by atoms with van der Waals surface area (Å²) in [5, 5.41) is 5.72. The van der Waals surface area contributed by atoms with Gasteiger partial charge in [-0.05, 0) is 27.0 Å². The highest BCUT2D eigenvalue weighted by atomic mass is 16.5. The lowest BCUT2D eigenvalue weighted by molar-refractivity contribution is 0.0950. The largest absolute Gasteiger partial charge is 0.489 e. The van der Waals surface area contributed by atoms with Crippen LogP contribution in [0, 0.1) is 0 Å². The van der Waals surface area contributed by atoms with E-state index in [1.54, 1.807) is 18.3 Å². The molecule has 0 aromatic carbocycles. The lowest BCUT2D eigenvalue weighted by Crippen LogP contribution is -2.26. The summed E-state index contributed by atoms with van der Waals surface area (Å²) in [7, 11) is 1.87. The number of aromatic nitrogens is 1. The third kappa shape index (κ3) is 4.40. The number of hydrogen-bond donors (Lipinski definition) is 2. The van der Waals surface area contributed by atoms with Crippen molar-refractivity contribution in [1.29, 1.82) is 0 Å². The zero-order valence-corrected chi connectivity index (χ0v) is 10.5. The number of carbonyl (C=O) groups excluding carboxylic acids is 1. The van der Waals surface area contributed by atoms with Gasteiger partial charge in [-0.2, -0.15) is 0 Å². The molecule has 17 heavy (non-hydrogen) atoms. The molecule has 1 heterocycles. The Balaban J connectivity index is 2.68. The van der Waals surface area contributed by atoms with E-state index in [1.807, 2.05) is 20.9 Å². The van der Waals surface area contributed by atoms with Gasteiger partial charge in [-0.3, -0.25) is 9.78 Å². The summed E-state index contributed by atoms with van der Waals surface area (Å²) in [4.78, 5) is 15.6. The minimum Gasteiger partial charge on any atom is -0.489 e. The fourth-order valence-corrected chi connectivity index (χ4v) is 1.42. The Morgan fingerprint density at radius 1 is 1.59 bits per heavy atom. The molecule has 5 nitrogen and oxygen atoms in total. The summed E-state index contributed by atoms with van der Waals surface area (Å²) in [5.41, 5.74) is 0.376. The van der Waals surface area contributed by atoms with E-state index < -0.39 is 0 Å². The van der Waals surface area contributed by atoms with Crippen LogP contribution in [-0.4, -0.2) is 37.1 Å². The van der Waals surface area contributed by atoms with Crippen LogP contribution >= 0.6 is 0 Å². The summed E-state index contributed by atoms with van der Waals surface area (Å²) >= 11 is 0. The number of ether oxygens (including phenoxy) is 1. The summed E-state index contributed by atoms with van der Waals surface area (Å²) < 4.78 is 5.64. The molecule has 1 amide bonds. The minimum absolute atomic E-state index is 0.0458. The fraction of sp³-hybridized carbons (Fsp3) is 0.500. The first-order chi connectivity index (χ1) is 8.17. The molecular weight excluding hydrogens is 218 g/mol. The molecule has 1 atom stereocenters. The van der Waals surface area contributed by atoms with Gasteiger partial charge in [-0.25, -0.2) is 0 Å². The Kier molecular flexibility index (Phi) is 5.42. The van der Waals surface area contributed by atoms with Crippen molar-refractivity contribution in [2.45, 2.75) is 20.0 Å². The average Bonchev–Trinajstić information content (AvgIpc) is 2.30. The molecule has 0 aliphatic carbocycles. The molecule has 0 aliphatic heterocycles. The zero-order chi connectivity index (χ0) is 12.7. The summed E-state index contributed by atoms with van der Waals surface area (Å²) in [6, 6.07) is 3.39. The highest BCUT2D eigenvalue weighted by molar-refractivity contribution is 5.92. The van der Waals surface area contributed by atoms with Crippen molar-refractivity contribution in [3.05, 3.63) is 24.0 Å². The Bertz CT molecular complexity index is 369. The molecule has 2 N–H and O–H groups in total. The van der Waals surface area contributed by atoms with Gasteiger partial charge in [0.2, 0.25) is 0 Å². The van der Waals surface area contributed by atoms with Crippen LogP contribution in [0.5, 0.6) is 5.75 Å². The van der Waals surface area contributed by atoms with E-state index in [4.69, 9.17) is 4.74 Å². The number of amides is 1. The number of carbonyl (C=O) groups is 1. The van der Waals surface area contributed by atoms with E-state index in [2.05, 4.69) is 15.6 Å². The van der Waals surface area contributed by atoms with Gasteiger partial charge >= 0.3 is 0 Å². The third-order valence-electron chi connectivity index (χ3n) is 2.13. The molecule has 0 saturated heterocycles. The second-order valence-electron chi connectivity index (χ2n) is 3.72. The summed E-state index contributed by atoms with van der Waals surface area (Å²) in [6.45, 7) is 5.16. The van der Waals surface area contributed by atoms with Gasteiger partial charge < -0.3 is 15.4 Å². The lowest BCUT2D eigenvalue weighted by Gasteiger charge is -2.14. The second kappa shape index (κ2) is 6.85. The van der Waals surface area contributed by atoms with Crippen LogP contribution in [0.3, 0.4) is 0 Å². The van der Waals surface area contributed by atoms with Crippen molar-refractivity contribution in [1.82, 2.24) is 15.6 Å². The van der Waals surface area contributed by atoms with Crippen LogP contribution in [-0.2, 0) is 0 Å². The van der Waals surface area contributed by atoms with Crippen molar-refractivity contribution in [2.75, 3.05) is 20.1 Å². The van der Waals surface area contributed by atoms with Gasteiger partial charge in [0.15, 0.2) is 0 Å². The minimum atomic E-state index is -0.181. The third-order valence-corrected chi connectivity index (χ3v) is 2.13. The van der Waals surface area contributed by atoms with Crippen LogP contribution in [0.2, 0.25) is 0 Å². The van der Waals surface area contributed by atoms with Crippen LogP contribution in [0.1, 0.15) is 24.3 Å². The fourth-order valence-electron chi connectivity index (χ4n) is 1.42. The van der Waals surface area contributed by atoms with Crippen LogP contribution in [0.15, 0.2) is 18.3 Å². The van der Waals surface area contributed by atoms with Gasteiger partial charge in [0.05, 0.1) is 0 Å². The number of nitrogens with one attached hydrogen (secondary N) is 2. The van der Waals surface area contributed by atoms with Crippen LogP contribution < -0.4 is 15.4 Å². The molecule has 0 saturated carbocycles. The predicted octanol–water partition coefficient (Wildman–Crippen LogP) is 0.818. The Hall–Kier alpha value is -1.62. The van der Waals surface area contributed by atoms with E-state index in [0.717, 1.165) is 6.54 Å². The van der Waals surface area contributed by atoms with Gasteiger partial charge in [0, 0.05) is 25.4 Å². The second-order valence-corrected chi connectivity index (χ2v) is 3.72. The maximum atomic E-state index is 11.6. The molecule has 1 unspecified atom stereocenters. The summed E-state index contributed by atoms with van der Waals surface area (Å²) in [5.74, 6) is 0.475. The quantitative estimate of drug-likeness (QED) is 0.769. The standard InChI is InChI=1S/C12H19N3O2/c1-4-14-12(16)11-7-10(5-6-15-11)17-9(2)8-13-3/h5-7,9,13H,4,8H2,1-3H3,(H,14,16). The van der Waals surface area contributed by atoms with E-state index >= 15 is 0 Å². The zero-order valence-electron chi connectivity index (χ0n) is 10.5. The van der Waals surface area contributed by atoms with Gasteiger partial charge in [-0.1, -0.05) is 0 Å². The molecule has 94 valence electrons. The van der Waals surface area contributed by atoms with Crippen LogP contribution in [0.4, 0.5) is 0 Å². The highest BCUT2D eigenvalue weighted by Crippen LogP contribution is 2.12. The molecule has 0 radical (unpaired) electrons. The van der Waals surface area contributed by atoms with Gasteiger partial charge in [0.1, 0.15) is 17.5 Å². The molecule has 1 aromatic rings. The van der Waals surface area contributed by atoms with Crippen molar-refractivity contribution >= 4 is 5.91 Å². The number of likely N-dealkylation sites (N-methyl/N-ethyl adjacent to an activating group) is 1. The highest BCUT2D eigenvalue weighted by Gasteiger charge is 2.08. The maximum absolute atomic E-state index is 11.6.